The van der Waals surface area contributed by atoms with E-state index in [9.17, 15) is 4.79 Å². The number of methoxy groups -OCH3 is 1. The highest BCUT2D eigenvalue weighted by molar-refractivity contribution is 5.81. The summed E-state index contributed by atoms with van der Waals surface area (Å²) in [6.07, 6.45) is 0. The van der Waals surface area contributed by atoms with Crippen molar-refractivity contribution in [1.82, 2.24) is 10.2 Å². The van der Waals surface area contributed by atoms with Crippen LogP contribution in [0.1, 0.15) is 18.5 Å². The van der Waals surface area contributed by atoms with E-state index in [0.29, 0.717) is 32.9 Å². The zero-order valence-corrected chi connectivity index (χ0v) is 12.7. The molecule has 116 valence electrons. The average Bonchev–Trinajstić information content (AvgIpc) is 2.55. The van der Waals surface area contributed by atoms with Crippen LogP contribution in [-0.4, -0.2) is 56.9 Å². The minimum absolute atomic E-state index is 0.0104. The molecule has 5 heteroatoms. The van der Waals surface area contributed by atoms with Crippen LogP contribution in [0.5, 0.6) is 0 Å². The van der Waals surface area contributed by atoms with Crippen molar-refractivity contribution in [1.29, 1.82) is 0 Å². The molecule has 1 aliphatic heterocycles. The molecule has 2 atom stereocenters. The smallest absolute Gasteiger partial charge is 0.239 e. The molecule has 1 amide bonds. The van der Waals surface area contributed by atoms with Gasteiger partial charge < -0.3 is 14.4 Å². The largest absolute Gasteiger partial charge is 0.383 e. The molecule has 1 aromatic rings. The fourth-order valence-corrected chi connectivity index (χ4v) is 2.52. The number of rotatable bonds is 6. The number of benzene rings is 1. The topological polar surface area (TPSA) is 50.8 Å². The van der Waals surface area contributed by atoms with Gasteiger partial charge in [0.05, 0.1) is 31.9 Å². The van der Waals surface area contributed by atoms with E-state index in [4.69, 9.17) is 9.47 Å². The fourth-order valence-electron chi connectivity index (χ4n) is 2.52. The van der Waals surface area contributed by atoms with Crippen molar-refractivity contribution in [2.45, 2.75) is 19.0 Å². The van der Waals surface area contributed by atoms with Gasteiger partial charge in [-0.2, -0.15) is 0 Å². The Hall–Kier alpha value is -1.43. The Morgan fingerprint density at radius 1 is 1.33 bits per heavy atom. The first-order valence-electron chi connectivity index (χ1n) is 7.39. The summed E-state index contributed by atoms with van der Waals surface area (Å²) in [5.74, 6) is 0.121. The van der Waals surface area contributed by atoms with Gasteiger partial charge >= 0.3 is 0 Å². The summed E-state index contributed by atoms with van der Waals surface area (Å²) >= 11 is 0. The molecule has 1 fully saturated rings. The van der Waals surface area contributed by atoms with Gasteiger partial charge in [-0.3, -0.25) is 10.1 Å². The zero-order valence-electron chi connectivity index (χ0n) is 12.7. The SMILES string of the molecule is COCC(NC(C)C(=O)N1CCOCC1)c1ccccc1. The van der Waals surface area contributed by atoms with Gasteiger partial charge in [-0.1, -0.05) is 30.3 Å². The predicted molar refractivity (Wildman–Crippen MR) is 81.1 cm³/mol. The van der Waals surface area contributed by atoms with Crippen LogP contribution < -0.4 is 5.32 Å². The van der Waals surface area contributed by atoms with Crippen molar-refractivity contribution in [2.24, 2.45) is 0 Å². The minimum atomic E-state index is -0.247. The quantitative estimate of drug-likeness (QED) is 0.856. The van der Waals surface area contributed by atoms with Crippen LogP contribution in [0, 0.1) is 0 Å². The van der Waals surface area contributed by atoms with E-state index < -0.39 is 0 Å². The van der Waals surface area contributed by atoms with Crippen molar-refractivity contribution in [3.8, 4) is 0 Å². The number of nitrogens with zero attached hydrogens (tertiary/aromatic N) is 1. The van der Waals surface area contributed by atoms with E-state index in [0.717, 1.165) is 5.56 Å². The van der Waals surface area contributed by atoms with Gasteiger partial charge in [0.2, 0.25) is 5.91 Å². The Morgan fingerprint density at radius 3 is 2.62 bits per heavy atom. The van der Waals surface area contributed by atoms with Crippen molar-refractivity contribution < 1.29 is 14.3 Å². The summed E-state index contributed by atoms with van der Waals surface area (Å²) in [6, 6.07) is 9.82. The first-order valence-corrected chi connectivity index (χ1v) is 7.39. The van der Waals surface area contributed by atoms with E-state index in [-0.39, 0.29) is 18.0 Å². The molecule has 0 radical (unpaired) electrons. The highest BCUT2D eigenvalue weighted by Crippen LogP contribution is 2.14. The van der Waals surface area contributed by atoms with Crippen LogP contribution >= 0.6 is 0 Å². The third-order valence-corrected chi connectivity index (χ3v) is 3.68. The first-order chi connectivity index (χ1) is 10.2. The Morgan fingerprint density at radius 2 is 2.00 bits per heavy atom. The van der Waals surface area contributed by atoms with Crippen molar-refractivity contribution in [3.05, 3.63) is 35.9 Å². The van der Waals surface area contributed by atoms with Gasteiger partial charge in [-0.05, 0) is 12.5 Å². The van der Waals surface area contributed by atoms with E-state index in [1.54, 1.807) is 7.11 Å². The number of morpholine rings is 1. The second-order valence-electron chi connectivity index (χ2n) is 5.24. The Balaban J connectivity index is 1.97. The molecule has 0 saturated carbocycles. The second-order valence-corrected chi connectivity index (χ2v) is 5.24. The maximum atomic E-state index is 12.4. The molecule has 2 unspecified atom stereocenters. The maximum Gasteiger partial charge on any atom is 0.239 e. The Labute approximate surface area is 126 Å². The van der Waals surface area contributed by atoms with E-state index in [1.807, 2.05) is 42.2 Å². The average molecular weight is 292 g/mol. The Kier molecular flexibility index (Phi) is 6.17. The van der Waals surface area contributed by atoms with Crippen molar-refractivity contribution >= 4 is 5.91 Å². The van der Waals surface area contributed by atoms with E-state index in [1.165, 1.54) is 0 Å². The molecular formula is C16H24N2O3. The molecule has 0 aromatic heterocycles. The van der Waals surface area contributed by atoms with Gasteiger partial charge in [0.25, 0.3) is 0 Å². The first kappa shape index (κ1) is 15.9. The minimum Gasteiger partial charge on any atom is -0.383 e. The van der Waals surface area contributed by atoms with Gasteiger partial charge in [-0.25, -0.2) is 0 Å². The van der Waals surface area contributed by atoms with Crippen LogP contribution in [0.4, 0.5) is 0 Å². The number of hydrogen-bond donors (Lipinski definition) is 1. The third-order valence-electron chi connectivity index (χ3n) is 3.68. The summed E-state index contributed by atoms with van der Waals surface area (Å²) in [5.41, 5.74) is 1.13. The molecule has 2 rings (SSSR count). The van der Waals surface area contributed by atoms with Gasteiger partial charge in [-0.15, -0.1) is 0 Å². The molecule has 1 saturated heterocycles. The molecule has 0 bridgehead atoms. The molecule has 1 heterocycles. The highest BCUT2D eigenvalue weighted by Gasteiger charge is 2.24. The lowest BCUT2D eigenvalue weighted by atomic mass is 10.1. The van der Waals surface area contributed by atoms with Crippen molar-refractivity contribution in [3.63, 3.8) is 0 Å². The van der Waals surface area contributed by atoms with Crippen LogP contribution in [0.15, 0.2) is 30.3 Å². The molecule has 0 aliphatic carbocycles. The summed E-state index contributed by atoms with van der Waals surface area (Å²) in [7, 11) is 1.67. The van der Waals surface area contributed by atoms with Gasteiger partial charge in [0, 0.05) is 20.2 Å². The van der Waals surface area contributed by atoms with Crippen molar-refractivity contribution in [2.75, 3.05) is 40.0 Å². The lowest BCUT2D eigenvalue weighted by molar-refractivity contribution is -0.137. The van der Waals surface area contributed by atoms with Gasteiger partial charge in [0.1, 0.15) is 0 Å². The number of carbonyl (C=O) groups is 1. The lowest BCUT2D eigenvalue weighted by Gasteiger charge is -2.31. The van der Waals surface area contributed by atoms with Crippen LogP contribution in [-0.2, 0) is 14.3 Å². The molecule has 1 aromatic carbocycles. The number of nitrogens with one attached hydrogen (secondary N) is 1. The molecule has 5 nitrogen and oxygen atoms in total. The van der Waals surface area contributed by atoms with Crippen LogP contribution in [0.25, 0.3) is 0 Å². The fraction of sp³-hybridized carbons (Fsp3) is 0.562. The van der Waals surface area contributed by atoms with E-state index >= 15 is 0 Å². The summed E-state index contributed by atoms with van der Waals surface area (Å²) in [6.45, 7) is 5.03. The van der Waals surface area contributed by atoms with Gasteiger partial charge in [0.15, 0.2) is 0 Å². The number of amides is 1. The molecular weight excluding hydrogens is 268 g/mol. The summed E-state index contributed by atoms with van der Waals surface area (Å²) < 4.78 is 10.6. The lowest BCUT2D eigenvalue weighted by Crippen LogP contribution is -2.50. The number of ether oxygens (including phenoxy) is 2. The van der Waals surface area contributed by atoms with Crippen LogP contribution in [0.2, 0.25) is 0 Å². The van der Waals surface area contributed by atoms with Crippen LogP contribution in [0.3, 0.4) is 0 Å². The summed E-state index contributed by atoms with van der Waals surface area (Å²) in [5, 5.41) is 3.37. The molecule has 0 spiro atoms. The molecule has 1 N–H and O–H groups in total. The maximum absolute atomic E-state index is 12.4. The standard InChI is InChI=1S/C16H24N2O3/c1-13(16(19)18-8-10-21-11-9-18)17-15(12-20-2)14-6-4-3-5-7-14/h3-7,13,15,17H,8-12H2,1-2H3. The monoisotopic (exact) mass is 292 g/mol. The zero-order chi connectivity index (χ0) is 15.1. The normalized spacial score (nSPS) is 18.3. The number of hydrogen-bond acceptors (Lipinski definition) is 4. The number of carbonyl (C=O) groups excluding carboxylic acids is 1. The molecule has 21 heavy (non-hydrogen) atoms. The second kappa shape index (κ2) is 8.12. The third kappa shape index (κ3) is 4.52. The summed E-state index contributed by atoms with van der Waals surface area (Å²) in [4.78, 5) is 14.3. The Bertz CT molecular complexity index is 432. The molecule has 1 aliphatic rings. The predicted octanol–water partition coefficient (Wildman–Crippen LogP) is 1.21. The highest BCUT2D eigenvalue weighted by atomic mass is 16.5. The van der Waals surface area contributed by atoms with E-state index in [2.05, 4.69) is 5.32 Å².